The Kier molecular flexibility index (Phi) is 6.23. The van der Waals surface area contributed by atoms with E-state index in [9.17, 15) is 18.0 Å². The van der Waals surface area contributed by atoms with Crippen molar-refractivity contribution in [2.45, 2.75) is 45.0 Å². The Balaban J connectivity index is 1.85. The zero-order chi connectivity index (χ0) is 23.8. The van der Waals surface area contributed by atoms with Crippen molar-refractivity contribution in [1.29, 1.82) is 0 Å². The molecule has 0 spiro atoms. The van der Waals surface area contributed by atoms with Crippen LogP contribution in [0.3, 0.4) is 0 Å². The maximum atomic E-state index is 13.7. The molecule has 2 aromatic heterocycles. The van der Waals surface area contributed by atoms with Crippen LogP contribution in [0.5, 0.6) is 0 Å². The number of ether oxygens (including phenoxy) is 2. The second-order valence-corrected chi connectivity index (χ2v) is 7.82. The first-order valence-electron chi connectivity index (χ1n) is 10.6. The summed E-state index contributed by atoms with van der Waals surface area (Å²) < 4.78 is 52.0. The van der Waals surface area contributed by atoms with E-state index in [1.165, 1.54) is 11.0 Å². The average Bonchev–Trinajstić information content (AvgIpc) is 3.06. The van der Waals surface area contributed by atoms with E-state index in [4.69, 9.17) is 15.2 Å². The third-order valence-electron chi connectivity index (χ3n) is 5.56. The van der Waals surface area contributed by atoms with Gasteiger partial charge in [0.1, 0.15) is 11.9 Å². The fraction of sp³-hybridized carbons (Fsp3) is 0.550. The number of amides is 1. The van der Waals surface area contributed by atoms with Gasteiger partial charge in [0.2, 0.25) is 11.9 Å². The molecule has 178 valence electrons. The van der Waals surface area contributed by atoms with Crippen molar-refractivity contribution in [2.75, 3.05) is 41.8 Å². The summed E-state index contributed by atoms with van der Waals surface area (Å²) in [4.78, 5) is 31.8. The molecule has 0 bridgehead atoms. The molecule has 2 saturated heterocycles. The first kappa shape index (κ1) is 23.0. The van der Waals surface area contributed by atoms with E-state index in [0.29, 0.717) is 32.7 Å². The SMILES string of the molecule is CCC[C@H]1OC(=O)N(c2cc(-c3cnc(N)nc3C(F)(F)F)nc(N3CCOCC3)n2)[C@H]1C. The van der Waals surface area contributed by atoms with Gasteiger partial charge in [-0.15, -0.1) is 0 Å². The highest BCUT2D eigenvalue weighted by atomic mass is 19.4. The highest BCUT2D eigenvalue weighted by Crippen LogP contribution is 2.37. The predicted molar refractivity (Wildman–Crippen MR) is 113 cm³/mol. The van der Waals surface area contributed by atoms with Crippen LogP contribution in [-0.4, -0.2) is 64.5 Å². The van der Waals surface area contributed by atoms with Gasteiger partial charge in [0.25, 0.3) is 0 Å². The Hall–Kier alpha value is -3.22. The van der Waals surface area contributed by atoms with Gasteiger partial charge in [-0.05, 0) is 13.3 Å². The van der Waals surface area contributed by atoms with E-state index in [-0.39, 0.29) is 35.2 Å². The molecular weight excluding hydrogens is 443 g/mol. The van der Waals surface area contributed by atoms with Crippen LogP contribution in [0.25, 0.3) is 11.3 Å². The minimum absolute atomic E-state index is 0.0761. The lowest BCUT2D eigenvalue weighted by Crippen LogP contribution is -2.39. The summed E-state index contributed by atoms with van der Waals surface area (Å²) in [6.45, 7) is 5.53. The molecule has 2 aromatic rings. The Morgan fingerprint density at radius 3 is 2.61 bits per heavy atom. The summed E-state index contributed by atoms with van der Waals surface area (Å²) in [6.07, 6.45) is -3.31. The first-order valence-corrected chi connectivity index (χ1v) is 10.6. The zero-order valence-electron chi connectivity index (χ0n) is 18.2. The number of carbonyl (C=O) groups is 1. The second kappa shape index (κ2) is 8.96. The van der Waals surface area contributed by atoms with E-state index in [2.05, 4.69) is 19.9 Å². The van der Waals surface area contributed by atoms with Gasteiger partial charge >= 0.3 is 12.3 Å². The number of nitrogen functional groups attached to an aromatic ring is 1. The van der Waals surface area contributed by atoms with Crippen molar-refractivity contribution < 1.29 is 27.4 Å². The minimum atomic E-state index is -4.79. The Morgan fingerprint density at radius 2 is 1.94 bits per heavy atom. The molecule has 0 radical (unpaired) electrons. The number of nitrogens with two attached hydrogens (primary N) is 1. The number of aromatic nitrogens is 4. The van der Waals surface area contributed by atoms with Crippen molar-refractivity contribution in [1.82, 2.24) is 19.9 Å². The highest BCUT2D eigenvalue weighted by Gasteiger charge is 2.41. The van der Waals surface area contributed by atoms with E-state index in [0.717, 1.165) is 12.6 Å². The number of alkyl halides is 3. The summed E-state index contributed by atoms with van der Waals surface area (Å²) in [6, 6.07) is 0.961. The van der Waals surface area contributed by atoms with Crippen molar-refractivity contribution >= 4 is 23.8 Å². The van der Waals surface area contributed by atoms with Crippen LogP contribution in [0, 0.1) is 0 Å². The Bertz CT molecular complexity index is 1030. The van der Waals surface area contributed by atoms with Crippen LogP contribution in [0.15, 0.2) is 12.3 Å². The van der Waals surface area contributed by atoms with Crippen molar-refractivity contribution in [3.63, 3.8) is 0 Å². The third-order valence-corrected chi connectivity index (χ3v) is 5.56. The largest absolute Gasteiger partial charge is 0.444 e. The van der Waals surface area contributed by atoms with Crippen LogP contribution in [0.1, 0.15) is 32.4 Å². The number of morpholine rings is 1. The minimum Gasteiger partial charge on any atom is -0.444 e. The molecule has 13 heteroatoms. The lowest BCUT2D eigenvalue weighted by molar-refractivity contribution is -0.140. The van der Waals surface area contributed by atoms with Crippen molar-refractivity contribution in [3.05, 3.63) is 18.0 Å². The van der Waals surface area contributed by atoms with Crippen LogP contribution in [-0.2, 0) is 15.7 Å². The molecule has 0 saturated carbocycles. The molecule has 4 rings (SSSR count). The van der Waals surface area contributed by atoms with Crippen LogP contribution in [0.4, 0.5) is 35.7 Å². The van der Waals surface area contributed by atoms with E-state index in [1.807, 2.05) is 13.8 Å². The smallest absolute Gasteiger partial charge is 0.434 e. The maximum absolute atomic E-state index is 13.7. The molecule has 10 nitrogen and oxygen atoms in total. The Labute approximate surface area is 187 Å². The molecule has 1 amide bonds. The van der Waals surface area contributed by atoms with Gasteiger partial charge in [-0.2, -0.15) is 18.2 Å². The molecular formula is C20H24F3N7O3. The normalized spacial score (nSPS) is 21.4. The number of hydrogen-bond acceptors (Lipinski definition) is 9. The number of carbonyl (C=O) groups excluding carboxylic acids is 1. The first-order chi connectivity index (χ1) is 15.7. The quantitative estimate of drug-likeness (QED) is 0.708. The molecule has 0 unspecified atom stereocenters. The number of rotatable bonds is 5. The fourth-order valence-corrected chi connectivity index (χ4v) is 3.89. The monoisotopic (exact) mass is 467 g/mol. The molecule has 2 N–H and O–H groups in total. The van der Waals surface area contributed by atoms with E-state index < -0.39 is 23.9 Å². The molecule has 2 atom stereocenters. The number of nitrogens with zero attached hydrogens (tertiary/aromatic N) is 6. The topological polar surface area (TPSA) is 120 Å². The third kappa shape index (κ3) is 4.63. The summed E-state index contributed by atoms with van der Waals surface area (Å²) in [5.41, 5.74) is 3.76. The van der Waals surface area contributed by atoms with Crippen molar-refractivity contribution in [2.24, 2.45) is 0 Å². The van der Waals surface area contributed by atoms with Gasteiger partial charge < -0.3 is 20.1 Å². The molecule has 0 aromatic carbocycles. The molecule has 4 heterocycles. The van der Waals surface area contributed by atoms with Gasteiger partial charge in [0.15, 0.2) is 5.69 Å². The fourth-order valence-electron chi connectivity index (χ4n) is 3.89. The predicted octanol–water partition coefficient (Wildman–Crippen LogP) is 2.89. The number of hydrogen-bond donors (Lipinski definition) is 1. The lowest BCUT2D eigenvalue weighted by Gasteiger charge is -2.28. The highest BCUT2D eigenvalue weighted by molar-refractivity contribution is 5.90. The van der Waals surface area contributed by atoms with Gasteiger partial charge in [-0.1, -0.05) is 13.3 Å². The van der Waals surface area contributed by atoms with Crippen LogP contribution >= 0.6 is 0 Å². The summed E-state index contributed by atoms with van der Waals surface area (Å²) in [7, 11) is 0. The van der Waals surface area contributed by atoms with Gasteiger partial charge in [0.05, 0.1) is 24.9 Å². The van der Waals surface area contributed by atoms with Gasteiger partial charge in [0, 0.05) is 30.9 Å². The van der Waals surface area contributed by atoms with Crippen molar-refractivity contribution in [3.8, 4) is 11.3 Å². The number of cyclic esters (lactones) is 1. The van der Waals surface area contributed by atoms with Gasteiger partial charge in [-0.3, -0.25) is 4.90 Å². The summed E-state index contributed by atoms with van der Waals surface area (Å²) in [5, 5.41) is 0. The molecule has 0 aliphatic carbocycles. The summed E-state index contributed by atoms with van der Waals surface area (Å²) >= 11 is 0. The maximum Gasteiger partial charge on any atom is 0.434 e. The summed E-state index contributed by atoms with van der Waals surface area (Å²) in [5.74, 6) is -0.190. The second-order valence-electron chi connectivity index (χ2n) is 7.82. The molecule has 33 heavy (non-hydrogen) atoms. The average molecular weight is 467 g/mol. The zero-order valence-corrected chi connectivity index (χ0v) is 18.2. The molecule has 2 aliphatic rings. The number of halogens is 3. The Morgan fingerprint density at radius 1 is 1.21 bits per heavy atom. The lowest BCUT2D eigenvalue weighted by atomic mass is 10.1. The van der Waals surface area contributed by atoms with E-state index >= 15 is 0 Å². The molecule has 2 fully saturated rings. The standard InChI is InChI=1S/C20H24F3N7O3/c1-3-4-14-11(2)30(19(31)33-14)15-9-13(26-18(27-15)29-5-7-32-8-6-29)12-10-25-17(24)28-16(12)20(21,22)23/h9-11,14H,3-8H2,1-2H3,(H2,24,25,28)/t11-,14+/m0/s1. The van der Waals surface area contributed by atoms with Gasteiger partial charge in [-0.25, -0.2) is 19.7 Å². The molecule has 2 aliphatic heterocycles. The van der Waals surface area contributed by atoms with Crippen LogP contribution < -0.4 is 15.5 Å². The van der Waals surface area contributed by atoms with Crippen LogP contribution in [0.2, 0.25) is 0 Å². The van der Waals surface area contributed by atoms with E-state index in [1.54, 1.807) is 4.90 Å². The number of anilines is 3.